The molecule has 3 rings (SSSR count). The minimum Gasteiger partial charge on any atom is -0.462 e. The number of halogens is 2. The molecule has 0 aliphatic rings. The molecular formula is C28H27F2NO5. The van der Waals surface area contributed by atoms with Crippen LogP contribution in [0.15, 0.2) is 66.7 Å². The molecule has 0 saturated carbocycles. The maximum Gasteiger partial charge on any atom is 0.338 e. The Morgan fingerprint density at radius 1 is 0.861 bits per heavy atom. The second kappa shape index (κ2) is 11.1. The smallest absolute Gasteiger partial charge is 0.338 e. The van der Waals surface area contributed by atoms with Gasteiger partial charge in [-0.05, 0) is 75.2 Å². The summed E-state index contributed by atoms with van der Waals surface area (Å²) >= 11 is 0. The van der Waals surface area contributed by atoms with Crippen LogP contribution in [0.3, 0.4) is 0 Å². The van der Waals surface area contributed by atoms with Gasteiger partial charge in [-0.2, -0.15) is 0 Å². The number of esters is 2. The van der Waals surface area contributed by atoms with Crippen molar-refractivity contribution in [3.05, 3.63) is 89.5 Å². The average molecular weight is 496 g/mol. The van der Waals surface area contributed by atoms with Gasteiger partial charge in [-0.15, -0.1) is 0 Å². The summed E-state index contributed by atoms with van der Waals surface area (Å²) in [5.74, 6) is -4.36. The molecule has 8 heteroatoms. The van der Waals surface area contributed by atoms with Crippen molar-refractivity contribution in [3.63, 3.8) is 0 Å². The molecular weight excluding hydrogens is 468 g/mol. The normalized spacial score (nSPS) is 11.1. The van der Waals surface area contributed by atoms with Crippen molar-refractivity contribution in [1.82, 2.24) is 0 Å². The number of carbonyl (C=O) groups is 3. The van der Waals surface area contributed by atoms with Gasteiger partial charge >= 0.3 is 11.9 Å². The molecule has 0 aliphatic carbocycles. The Kier molecular flexibility index (Phi) is 8.19. The zero-order valence-electron chi connectivity index (χ0n) is 20.5. The third-order valence-electron chi connectivity index (χ3n) is 4.99. The molecule has 36 heavy (non-hydrogen) atoms. The number of carbonyl (C=O) groups excluding carboxylic acids is 3. The van der Waals surface area contributed by atoms with Gasteiger partial charge in [0.1, 0.15) is 29.3 Å². The van der Waals surface area contributed by atoms with E-state index >= 15 is 0 Å². The molecule has 6 nitrogen and oxygen atoms in total. The number of nitrogens with zero attached hydrogens (tertiary/aromatic N) is 1. The summed E-state index contributed by atoms with van der Waals surface area (Å²) in [7, 11) is 0. The van der Waals surface area contributed by atoms with Crippen molar-refractivity contribution < 1.29 is 32.6 Å². The fourth-order valence-corrected chi connectivity index (χ4v) is 3.51. The SMILES string of the molecule is CCOC(=O)c1cccc(-c2cccc(N(CC(=O)OC(C)(C)C)C(=O)c3c(F)cccc3F)c2)c1. The third kappa shape index (κ3) is 6.53. The Balaban J connectivity index is 2.04. The highest BCUT2D eigenvalue weighted by Gasteiger charge is 2.28. The summed E-state index contributed by atoms with van der Waals surface area (Å²) in [6.07, 6.45) is 0. The zero-order valence-corrected chi connectivity index (χ0v) is 20.5. The first kappa shape index (κ1) is 26.5. The molecule has 1 amide bonds. The van der Waals surface area contributed by atoms with Gasteiger partial charge in [0.2, 0.25) is 0 Å². The number of hydrogen-bond acceptors (Lipinski definition) is 5. The summed E-state index contributed by atoms with van der Waals surface area (Å²) < 4.78 is 39.3. The summed E-state index contributed by atoms with van der Waals surface area (Å²) in [6, 6.07) is 16.3. The molecule has 0 unspecified atom stereocenters. The van der Waals surface area contributed by atoms with Crippen molar-refractivity contribution in [2.45, 2.75) is 33.3 Å². The predicted molar refractivity (Wildman–Crippen MR) is 132 cm³/mol. The van der Waals surface area contributed by atoms with Gasteiger partial charge in [0, 0.05) is 5.69 Å². The minimum atomic E-state index is -1.05. The largest absolute Gasteiger partial charge is 0.462 e. The van der Waals surface area contributed by atoms with E-state index in [-0.39, 0.29) is 12.3 Å². The van der Waals surface area contributed by atoms with Gasteiger partial charge < -0.3 is 9.47 Å². The molecule has 0 atom stereocenters. The maximum absolute atomic E-state index is 14.5. The third-order valence-corrected chi connectivity index (χ3v) is 4.99. The first-order valence-corrected chi connectivity index (χ1v) is 11.4. The van der Waals surface area contributed by atoms with Crippen LogP contribution in [0, 0.1) is 11.6 Å². The molecule has 0 fully saturated rings. The molecule has 188 valence electrons. The Hall–Kier alpha value is -4.07. The summed E-state index contributed by atoms with van der Waals surface area (Å²) in [4.78, 5) is 39.1. The lowest BCUT2D eigenvalue weighted by Crippen LogP contribution is -2.39. The van der Waals surface area contributed by atoms with Gasteiger partial charge in [-0.3, -0.25) is 14.5 Å². The lowest BCUT2D eigenvalue weighted by Gasteiger charge is -2.26. The van der Waals surface area contributed by atoms with E-state index in [1.807, 2.05) is 0 Å². The lowest BCUT2D eigenvalue weighted by molar-refractivity contribution is -0.152. The molecule has 0 bridgehead atoms. The molecule has 0 aliphatic heterocycles. The molecule has 0 N–H and O–H groups in total. The van der Waals surface area contributed by atoms with Crippen molar-refractivity contribution in [3.8, 4) is 11.1 Å². The number of hydrogen-bond donors (Lipinski definition) is 0. The van der Waals surface area contributed by atoms with Gasteiger partial charge in [0.25, 0.3) is 5.91 Å². The van der Waals surface area contributed by atoms with Crippen LogP contribution in [0.2, 0.25) is 0 Å². The Morgan fingerprint density at radius 2 is 1.44 bits per heavy atom. The van der Waals surface area contributed by atoms with E-state index in [1.54, 1.807) is 76.2 Å². The second-order valence-electron chi connectivity index (χ2n) is 8.93. The summed E-state index contributed by atoms with van der Waals surface area (Å²) in [5, 5.41) is 0. The minimum absolute atomic E-state index is 0.215. The molecule has 3 aromatic carbocycles. The molecule has 3 aromatic rings. The molecule has 0 saturated heterocycles. The van der Waals surface area contributed by atoms with E-state index < -0.39 is 47.2 Å². The number of ether oxygens (including phenoxy) is 2. The van der Waals surface area contributed by atoms with Crippen molar-refractivity contribution in [1.29, 1.82) is 0 Å². The van der Waals surface area contributed by atoms with Gasteiger partial charge in [0.15, 0.2) is 0 Å². The van der Waals surface area contributed by atoms with Crippen LogP contribution in [0.25, 0.3) is 11.1 Å². The second-order valence-corrected chi connectivity index (χ2v) is 8.93. The number of rotatable bonds is 7. The Bertz CT molecular complexity index is 1260. The van der Waals surface area contributed by atoms with Crippen LogP contribution in [0.1, 0.15) is 48.4 Å². The fourth-order valence-electron chi connectivity index (χ4n) is 3.51. The standard InChI is InChI=1S/C28H27F2NO5/c1-5-35-27(34)20-11-6-9-18(15-20)19-10-7-12-21(16-19)31(17-24(32)36-28(2,3)4)26(33)25-22(29)13-8-14-23(25)30/h6-16H,5,17H2,1-4H3. The van der Waals surface area contributed by atoms with E-state index in [2.05, 4.69) is 0 Å². The van der Waals surface area contributed by atoms with E-state index in [9.17, 15) is 23.2 Å². The first-order valence-electron chi connectivity index (χ1n) is 11.4. The zero-order chi connectivity index (χ0) is 26.5. The number of benzene rings is 3. The lowest BCUT2D eigenvalue weighted by atomic mass is 10.0. The van der Waals surface area contributed by atoms with Gasteiger partial charge in [-0.1, -0.05) is 30.3 Å². The van der Waals surface area contributed by atoms with E-state index in [0.29, 0.717) is 16.7 Å². The van der Waals surface area contributed by atoms with E-state index in [1.165, 1.54) is 0 Å². The van der Waals surface area contributed by atoms with Crippen LogP contribution in [-0.2, 0) is 14.3 Å². The molecule has 0 spiro atoms. The van der Waals surface area contributed by atoms with Crippen LogP contribution in [0.5, 0.6) is 0 Å². The highest BCUT2D eigenvalue weighted by atomic mass is 19.1. The number of anilines is 1. The first-order chi connectivity index (χ1) is 17.0. The fraction of sp³-hybridized carbons (Fsp3) is 0.250. The van der Waals surface area contributed by atoms with Crippen molar-refractivity contribution >= 4 is 23.5 Å². The van der Waals surface area contributed by atoms with Crippen LogP contribution >= 0.6 is 0 Å². The molecule has 0 aromatic heterocycles. The van der Waals surface area contributed by atoms with Crippen LogP contribution < -0.4 is 4.90 Å². The highest BCUT2D eigenvalue weighted by molar-refractivity contribution is 6.09. The van der Waals surface area contributed by atoms with Crippen LogP contribution in [0.4, 0.5) is 14.5 Å². The average Bonchev–Trinajstić information content (AvgIpc) is 2.81. The maximum atomic E-state index is 14.5. The monoisotopic (exact) mass is 495 g/mol. The number of amides is 1. The Labute approximate surface area is 208 Å². The van der Waals surface area contributed by atoms with Crippen LogP contribution in [-0.4, -0.2) is 36.6 Å². The van der Waals surface area contributed by atoms with Crippen molar-refractivity contribution in [2.24, 2.45) is 0 Å². The summed E-state index contributed by atoms with van der Waals surface area (Å²) in [6.45, 7) is 6.38. The molecule has 0 radical (unpaired) electrons. The summed E-state index contributed by atoms with van der Waals surface area (Å²) in [5.41, 5.74) is 0.196. The Morgan fingerprint density at radius 3 is 2.06 bits per heavy atom. The quantitative estimate of drug-likeness (QED) is 0.388. The van der Waals surface area contributed by atoms with Crippen molar-refractivity contribution in [2.75, 3.05) is 18.1 Å². The van der Waals surface area contributed by atoms with E-state index in [4.69, 9.17) is 9.47 Å². The predicted octanol–water partition coefficient (Wildman–Crippen LogP) is 5.80. The highest BCUT2D eigenvalue weighted by Crippen LogP contribution is 2.28. The van der Waals surface area contributed by atoms with E-state index in [0.717, 1.165) is 23.1 Å². The van der Waals surface area contributed by atoms with Gasteiger partial charge in [-0.25, -0.2) is 13.6 Å². The topological polar surface area (TPSA) is 72.9 Å². The molecule has 0 heterocycles. The van der Waals surface area contributed by atoms with Gasteiger partial charge in [0.05, 0.1) is 12.2 Å².